The first-order chi connectivity index (χ1) is 18.7. The van der Waals surface area contributed by atoms with E-state index in [1.165, 1.54) is 4.90 Å². The molecule has 0 radical (unpaired) electrons. The number of hydrogen-bond donors (Lipinski definition) is 1. The van der Waals surface area contributed by atoms with Crippen molar-refractivity contribution in [2.45, 2.75) is 32.0 Å². The van der Waals surface area contributed by atoms with Gasteiger partial charge in [-0.15, -0.1) is 5.10 Å². The van der Waals surface area contributed by atoms with Gasteiger partial charge in [0, 0.05) is 39.0 Å². The summed E-state index contributed by atoms with van der Waals surface area (Å²) >= 11 is 0. The van der Waals surface area contributed by atoms with Crippen molar-refractivity contribution >= 4 is 11.6 Å². The second-order valence-corrected chi connectivity index (χ2v) is 10.7. The molecule has 3 aromatic rings. The standard InChI is InChI=1S/C29H36N6O3/c1-37-28-10-6-5-9-27(28)32-13-15-33(16-14-32)29(36)26-20-34-12-11-22(26)17-24(34)19-35-18-23(30-31-35)21-38-25-7-3-2-4-8-25/h2-10,18,22,24,26H,11-17,19-21H2,1H3/p+1/t22-,24+,26-/m0/s1. The summed E-state index contributed by atoms with van der Waals surface area (Å²) in [6.07, 6.45) is 4.20. The van der Waals surface area contributed by atoms with E-state index in [0.717, 1.165) is 81.5 Å². The molecule has 2 aromatic carbocycles. The highest BCUT2D eigenvalue weighted by Gasteiger charge is 2.48. The molecule has 4 fully saturated rings. The molecule has 7 rings (SSSR count). The maximum Gasteiger partial charge on any atom is 0.231 e. The third-order valence-corrected chi connectivity index (χ3v) is 8.51. The first-order valence-electron chi connectivity index (χ1n) is 13.8. The Morgan fingerprint density at radius 2 is 1.84 bits per heavy atom. The molecule has 4 aliphatic rings. The molecule has 1 amide bonds. The smallest absolute Gasteiger partial charge is 0.231 e. The number of fused-ring (bicyclic) bond motifs is 3. The fraction of sp³-hybridized carbons (Fsp3) is 0.483. The third kappa shape index (κ3) is 5.20. The van der Waals surface area contributed by atoms with Crippen LogP contribution in [0.15, 0.2) is 60.8 Å². The van der Waals surface area contributed by atoms with Gasteiger partial charge in [-0.2, -0.15) is 0 Å². The number of benzene rings is 2. The number of nitrogens with one attached hydrogen (secondary N) is 1. The predicted octanol–water partition coefficient (Wildman–Crippen LogP) is 1.51. The van der Waals surface area contributed by atoms with E-state index in [2.05, 4.69) is 26.2 Å². The fourth-order valence-electron chi connectivity index (χ4n) is 6.49. The van der Waals surface area contributed by atoms with Crippen LogP contribution < -0.4 is 19.3 Å². The number of piperazine rings is 1. The Labute approximate surface area is 223 Å². The average molecular weight is 518 g/mol. The number of quaternary nitrogens is 1. The Hall–Kier alpha value is -3.59. The number of piperidine rings is 3. The summed E-state index contributed by atoms with van der Waals surface area (Å²) in [5.41, 5.74) is 1.94. The molecule has 0 saturated carbocycles. The van der Waals surface area contributed by atoms with Gasteiger partial charge in [-0.1, -0.05) is 35.5 Å². The lowest BCUT2D eigenvalue weighted by Gasteiger charge is -2.47. The van der Waals surface area contributed by atoms with Crippen molar-refractivity contribution in [3.05, 3.63) is 66.5 Å². The van der Waals surface area contributed by atoms with Crippen LogP contribution in [0.5, 0.6) is 11.5 Å². The second-order valence-electron chi connectivity index (χ2n) is 10.7. The fourth-order valence-corrected chi connectivity index (χ4v) is 6.49. The van der Waals surface area contributed by atoms with E-state index >= 15 is 0 Å². The van der Waals surface area contributed by atoms with Gasteiger partial charge in [0.1, 0.15) is 29.8 Å². The van der Waals surface area contributed by atoms with Crippen LogP contribution >= 0.6 is 0 Å². The zero-order valence-corrected chi connectivity index (χ0v) is 22.0. The molecule has 4 saturated heterocycles. The second kappa shape index (κ2) is 11.0. The largest absolute Gasteiger partial charge is 0.495 e. The molecular weight excluding hydrogens is 480 g/mol. The molecular formula is C29H37N6O3+. The topological polar surface area (TPSA) is 77.2 Å². The monoisotopic (exact) mass is 517 g/mol. The van der Waals surface area contributed by atoms with E-state index in [1.54, 1.807) is 7.11 Å². The SMILES string of the molecule is COc1ccccc1N1CCN(C(=O)[C@H]2C[NH+]3CC[C@H]2C[C@@H]3Cn2cc(COc3ccccc3)nn2)CC1. The molecule has 9 heteroatoms. The van der Waals surface area contributed by atoms with Gasteiger partial charge in [0.05, 0.1) is 44.5 Å². The number of nitrogens with zero attached hydrogens (tertiary/aromatic N) is 5. The van der Waals surface area contributed by atoms with Crippen LogP contribution in [0.1, 0.15) is 18.5 Å². The predicted molar refractivity (Wildman–Crippen MR) is 143 cm³/mol. The van der Waals surface area contributed by atoms with Crippen molar-refractivity contribution < 1.29 is 19.2 Å². The van der Waals surface area contributed by atoms with Crippen LogP contribution in [-0.2, 0) is 17.9 Å². The molecule has 0 aliphatic carbocycles. The van der Waals surface area contributed by atoms with Crippen LogP contribution in [-0.4, -0.2) is 78.2 Å². The Morgan fingerprint density at radius 3 is 2.61 bits per heavy atom. The van der Waals surface area contributed by atoms with Gasteiger partial charge in [-0.25, -0.2) is 4.68 Å². The minimum atomic E-state index is 0.137. The Kier molecular flexibility index (Phi) is 7.18. The lowest BCUT2D eigenvalue weighted by Crippen LogP contribution is -3.20. The van der Waals surface area contributed by atoms with Crippen molar-refractivity contribution in [1.82, 2.24) is 19.9 Å². The van der Waals surface area contributed by atoms with Gasteiger partial charge in [0.15, 0.2) is 0 Å². The molecule has 5 heterocycles. The van der Waals surface area contributed by atoms with Gasteiger partial charge in [-0.05, 0) is 30.2 Å². The number of carbonyl (C=O) groups is 1. The number of anilines is 1. The normalized spacial score (nSPS) is 24.9. The lowest BCUT2D eigenvalue weighted by atomic mass is 9.75. The highest BCUT2D eigenvalue weighted by Crippen LogP contribution is 2.31. The van der Waals surface area contributed by atoms with E-state index in [0.29, 0.717) is 24.5 Å². The molecule has 4 atom stereocenters. The van der Waals surface area contributed by atoms with Crippen LogP contribution in [0.2, 0.25) is 0 Å². The van der Waals surface area contributed by atoms with Gasteiger partial charge < -0.3 is 24.2 Å². The first kappa shape index (κ1) is 24.7. The van der Waals surface area contributed by atoms with Gasteiger partial charge in [0.25, 0.3) is 0 Å². The van der Waals surface area contributed by atoms with Crippen LogP contribution in [0.25, 0.3) is 0 Å². The highest BCUT2D eigenvalue weighted by molar-refractivity contribution is 5.80. The molecule has 2 bridgehead atoms. The van der Waals surface area contributed by atoms with Crippen molar-refractivity contribution in [2.24, 2.45) is 11.8 Å². The Bertz CT molecular complexity index is 1230. The van der Waals surface area contributed by atoms with Crippen LogP contribution in [0, 0.1) is 11.8 Å². The van der Waals surface area contributed by atoms with Gasteiger partial charge >= 0.3 is 0 Å². The maximum atomic E-state index is 13.6. The zero-order valence-electron chi connectivity index (χ0n) is 22.0. The van der Waals surface area contributed by atoms with E-state index in [4.69, 9.17) is 9.47 Å². The average Bonchev–Trinajstić information content (AvgIpc) is 3.44. The van der Waals surface area contributed by atoms with Gasteiger partial charge in [-0.3, -0.25) is 4.79 Å². The lowest BCUT2D eigenvalue weighted by molar-refractivity contribution is -0.945. The van der Waals surface area contributed by atoms with Gasteiger partial charge in [0.2, 0.25) is 5.91 Å². The van der Waals surface area contributed by atoms with E-state index in [-0.39, 0.29) is 5.92 Å². The molecule has 1 unspecified atom stereocenters. The number of rotatable bonds is 8. The quantitative estimate of drug-likeness (QED) is 0.488. The van der Waals surface area contributed by atoms with Crippen molar-refractivity contribution in [3.63, 3.8) is 0 Å². The van der Waals surface area contributed by atoms with E-state index in [1.807, 2.05) is 59.4 Å². The summed E-state index contributed by atoms with van der Waals surface area (Å²) in [6.45, 7) is 6.53. The summed E-state index contributed by atoms with van der Waals surface area (Å²) in [6, 6.07) is 18.4. The molecule has 38 heavy (non-hydrogen) atoms. The molecule has 1 N–H and O–H groups in total. The van der Waals surface area contributed by atoms with Crippen LogP contribution in [0.3, 0.4) is 0 Å². The summed E-state index contributed by atoms with van der Waals surface area (Å²) < 4.78 is 13.3. The first-order valence-corrected chi connectivity index (χ1v) is 13.8. The maximum absolute atomic E-state index is 13.6. The highest BCUT2D eigenvalue weighted by atomic mass is 16.5. The summed E-state index contributed by atoms with van der Waals surface area (Å²) in [7, 11) is 1.71. The summed E-state index contributed by atoms with van der Waals surface area (Å²) in [4.78, 5) is 19.6. The number of methoxy groups -OCH3 is 1. The number of aromatic nitrogens is 3. The molecule has 0 spiro atoms. The number of hydrogen-bond acceptors (Lipinski definition) is 6. The number of para-hydroxylation sites is 3. The van der Waals surface area contributed by atoms with Crippen LogP contribution in [0.4, 0.5) is 5.69 Å². The zero-order chi connectivity index (χ0) is 25.9. The van der Waals surface area contributed by atoms with Crippen molar-refractivity contribution in [1.29, 1.82) is 0 Å². The third-order valence-electron chi connectivity index (χ3n) is 8.51. The van der Waals surface area contributed by atoms with E-state index < -0.39 is 0 Å². The molecule has 9 nitrogen and oxygen atoms in total. The van der Waals surface area contributed by atoms with Crippen molar-refractivity contribution in [2.75, 3.05) is 51.3 Å². The molecule has 1 aromatic heterocycles. The number of carbonyl (C=O) groups excluding carboxylic acids is 1. The van der Waals surface area contributed by atoms with E-state index in [9.17, 15) is 4.79 Å². The Morgan fingerprint density at radius 1 is 1.05 bits per heavy atom. The van der Waals surface area contributed by atoms with Crippen molar-refractivity contribution in [3.8, 4) is 11.5 Å². The minimum Gasteiger partial charge on any atom is -0.495 e. The molecule has 200 valence electrons. The summed E-state index contributed by atoms with van der Waals surface area (Å²) in [5.74, 6) is 2.67. The minimum absolute atomic E-state index is 0.137. The number of ether oxygens (including phenoxy) is 2. The summed E-state index contributed by atoms with van der Waals surface area (Å²) in [5, 5.41) is 8.67. The number of amides is 1. The Balaban J connectivity index is 1.01. The molecule has 4 aliphatic heterocycles.